The van der Waals surface area contributed by atoms with Crippen LogP contribution in [0.5, 0.6) is 0 Å². The van der Waals surface area contributed by atoms with Gasteiger partial charge in [-0.2, -0.15) is 0 Å². The lowest BCUT2D eigenvalue weighted by Crippen LogP contribution is -2.54. The van der Waals surface area contributed by atoms with Gasteiger partial charge in [0.25, 0.3) is 0 Å². The Bertz CT molecular complexity index is 1400. The molecule has 0 aromatic heterocycles. The van der Waals surface area contributed by atoms with Gasteiger partial charge in [0.05, 0.1) is 11.9 Å². The molecule has 0 heterocycles. The molecule has 0 radical (unpaired) electrons. The Kier molecular flexibility index (Phi) is 10.7. The molecule has 8 heteroatoms. The summed E-state index contributed by atoms with van der Waals surface area (Å²) in [6.07, 6.45) is 1.95. The van der Waals surface area contributed by atoms with Crippen LogP contribution in [0.3, 0.4) is 0 Å². The molecule has 7 nitrogen and oxygen atoms in total. The van der Waals surface area contributed by atoms with Gasteiger partial charge in [-0.25, -0.2) is 8.42 Å². The van der Waals surface area contributed by atoms with Gasteiger partial charge in [0.1, 0.15) is 6.04 Å². The van der Waals surface area contributed by atoms with Gasteiger partial charge >= 0.3 is 0 Å². The predicted molar refractivity (Wildman–Crippen MR) is 166 cm³/mol. The third kappa shape index (κ3) is 10.0. The zero-order valence-electron chi connectivity index (χ0n) is 25.1. The number of carbonyl (C=O) groups excluding carboxylic acids is 2. The zero-order valence-corrected chi connectivity index (χ0v) is 25.9. The van der Waals surface area contributed by atoms with Gasteiger partial charge in [-0.3, -0.25) is 13.9 Å². The van der Waals surface area contributed by atoms with Gasteiger partial charge in [0.2, 0.25) is 21.8 Å². The number of aryl methyl sites for hydroxylation is 2. The number of hydrogen-bond donors (Lipinski definition) is 1. The van der Waals surface area contributed by atoms with Crippen molar-refractivity contribution in [2.45, 2.75) is 72.0 Å². The van der Waals surface area contributed by atoms with Crippen molar-refractivity contribution in [3.8, 4) is 0 Å². The number of nitrogens with zero attached hydrogens (tertiary/aromatic N) is 2. The fourth-order valence-corrected chi connectivity index (χ4v) is 5.83. The minimum atomic E-state index is -3.56. The van der Waals surface area contributed by atoms with E-state index in [9.17, 15) is 18.0 Å². The molecule has 0 bridgehead atoms. The highest BCUT2D eigenvalue weighted by Gasteiger charge is 2.32. The number of benzene rings is 3. The SMILES string of the molecule is Cc1cc(C)cc(N(CCCC(=O)N(Cc2ccccc2)[C@H](Cc2ccccc2)C(=O)NC(C)(C)C)S(C)(=O)=O)c1. The molecule has 3 aromatic carbocycles. The number of nitrogens with one attached hydrogen (secondary N) is 1. The van der Waals surface area contributed by atoms with Crippen LogP contribution in [0, 0.1) is 13.8 Å². The van der Waals surface area contributed by atoms with Crippen molar-refractivity contribution in [2.75, 3.05) is 17.1 Å². The lowest BCUT2D eigenvalue weighted by Gasteiger charge is -2.34. The first-order chi connectivity index (χ1) is 19.2. The fourth-order valence-electron chi connectivity index (χ4n) is 4.89. The van der Waals surface area contributed by atoms with E-state index >= 15 is 0 Å². The first kappa shape index (κ1) is 31.9. The molecule has 0 saturated carbocycles. The van der Waals surface area contributed by atoms with Crippen LogP contribution < -0.4 is 9.62 Å². The molecule has 1 N–H and O–H groups in total. The second kappa shape index (κ2) is 13.8. The van der Waals surface area contributed by atoms with Crippen LogP contribution in [0.2, 0.25) is 0 Å². The minimum Gasteiger partial charge on any atom is -0.350 e. The topological polar surface area (TPSA) is 86.8 Å². The van der Waals surface area contributed by atoms with Crippen LogP contribution in [0.25, 0.3) is 0 Å². The molecule has 0 aliphatic rings. The maximum Gasteiger partial charge on any atom is 0.243 e. The first-order valence-electron chi connectivity index (χ1n) is 14.0. The molecule has 0 unspecified atom stereocenters. The monoisotopic (exact) mass is 577 g/mol. The number of sulfonamides is 1. The maximum absolute atomic E-state index is 13.9. The van der Waals surface area contributed by atoms with Gasteiger partial charge < -0.3 is 10.2 Å². The molecule has 0 aliphatic heterocycles. The van der Waals surface area contributed by atoms with Gasteiger partial charge in [-0.1, -0.05) is 66.7 Å². The lowest BCUT2D eigenvalue weighted by molar-refractivity contribution is -0.142. The van der Waals surface area contributed by atoms with Crippen LogP contribution in [0.15, 0.2) is 78.9 Å². The summed E-state index contributed by atoms with van der Waals surface area (Å²) in [7, 11) is -3.56. The number of carbonyl (C=O) groups is 2. The predicted octanol–water partition coefficient (Wildman–Crippen LogP) is 5.40. The Balaban J connectivity index is 1.89. The Morgan fingerprint density at radius 2 is 1.39 bits per heavy atom. The van der Waals surface area contributed by atoms with Gasteiger partial charge in [0, 0.05) is 31.5 Å². The van der Waals surface area contributed by atoms with E-state index in [0.717, 1.165) is 22.3 Å². The quantitative estimate of drug-likeness (QED) is 0.312. The van der Waals surface area contributed by atoms with E-state index in [4.69, 9.17) is 0 Å². The molecule has 0 spiro atoms. The molecule has 220 valence electrons. The summed E-state index contributed by atoms with van der Waals surface area (Å²) in [5, 5.41) is 3.07. The van der Waals surface area contributed by atoms with Gasteiger partial charge in [-0.15, -0.1) is 0 Å². The van der Waals surface area contributed by atoms with Crippen LogP contribution in [-0.4, -0.2) is 49.5 Å². The van der Waals surface area contributed by atoms with E-state index in [-0.39, 0.29) is 31.3 Å². The number of anilines is 1. The third-order valence-electron chi connectivity index (χ3n) is 6.61. The molecule has 0 saturated heterocycles. The first-order valence-corrected chi connectivity index (χ1v) is 15.8. The normalized spacial score (nSPS) is 12.4. The molecule has 3 aromatic rings. The average molecular weight is 578 g/mol. The van der Waals surface area contributed by atoms with Crippen molar-refractivity contribution in [3.63, 3.8) is 0 Å². The van der Waals surface area contributed by atoms with E-state index in [1.165, 1.54) is 10.6 Å². The van der Waals surface area contributed by atoms with Crippen molar-refractivity contribution in [2.24, 2.45) is 0 Å². The smallest absolute Gasteiger partial charge is 0.243 e. The van der Waals surface area contributed by atoms with E-state index in [1.807, 2.05) is 113 Å². The lowest BCUT2D eigenvalue weighted by atomic mass is 10.00. The van der Waals surface area contributed by atoms with E-state index < -0.39 is 21.6 Å². The highest BCUT2D eigenvalue weighted by Crippen LogP contribution is 2.23. The maximum atomic E-state index is 13.9. The molecular formula is C33H43N3O4S. The summed E-state index contributed by atoms with van der Waals surface area (Å²) in [6.45, 7) is 10.0. The molecule has 0 fully saturated rings. The molecule has 1 atom stereocenters. The second-order valence-corrected chi connectivity index (χ2v) is 13.6. The Hall–Kier alpha value is -3.65. The van der Waals surface area contributed by atoms with E-state index in [1.54, 1.807) is 4.90 Å². The van der Waals surface area contributed by atoms with Crippen LogP contribution in [-0.2, 0) is 32.6 Å². The fraction of sp³-hybridized carbons (Fsp3) is 0.394. The third-order valence-corrected chi connectivity index (χ3v) is 7.81. The van der Waals surface area contributed by atoms with Gasteiger partial charge in [0.15, 0.2) is 0 Å². The standard InChI is InChI=1S/C33H43N3O4S/c1-25-20-26(2)22-29(21-25)36(41(6,39)40)19-13-18-31(37)35(24-28-16-11-8-12-17-28)30(32(38)34-33(3,4)5)23-27-14-9-7-10-15-27/h7-12,14-17,20-22,30H,13,18-19,23-24H2,1-6H3,(H,34,38)/t30-/m1/s1. The Morgan fingerprint density at radius 1 is 0.854 bits per heavy atom. The van der Waals surface area contributed by atoms with Crippen LogP contribution >= 0.6 is 0 Å². The zero-order chi connectivity index (χ0) is 30.2. The molecule has 2 amide bonds. The summed E-state index contributed by atoms with van der Waals surface area (Å²) in [5.74, 6) is -0.425. The van der Waals surface area contributed by atoms with E-state index in [0.29, 0.717) is 18.5 Å². The summed E-state index contributed by atoms with van der Waals surface area (Å²) < 4.78 is 26.8. The molecule has 41 heavy (non-hydrogen) atoms. The highest BCUT2D eigenvalue weighted by molar-refractivity contribution is 7.92. The van der Waals surface area contributed by atoms with Crippen LogP contribution in [0.1, 0.15) is 55.9 Å². The molecule has 3 rings (SSSR count). The number of rotatable bonds is 12. The number of amides is 2. The Labute approximate surface area is 245 Å². The summed E-state index contributed by atoms with van der Waals surface area (Å²) in [4.78, 5) is 29.2. The van der Waals surface area contributed by atoms with Crippen LogP contribution in [0.4, 0.5) is 5.69 Å². The van der Waals surface area contributed by atoms with Crippen molar-refractivity contribution in [1.82, 2.24) is 10.2 Å². The largest absolute Gasteiger partial charge is 0.350 e. The van der Waals surface area contributed by atoms with Crippen molar-refractivity contribution in [3.05, 3.63) is 101 Å². The van der Waals surface area contributed by atoms with Gasteiger partial charge in [-0.05, 0) is 75.4 Å². The minimum absolute atomic E-state index is 0.0950. The van der Waals surface area contributed by atoms with Crippen molar-refractivity contribution < 1.29 is 18.0 Å². The van der Waals surface area contributed by atoms with E-state index in [2.05, 4.69) is 5.32 Å². The Morgan fingerprint density at radius 3 is 1.90 bits per heavy atom. The summed E-state index contributed by atoms with van der Waals surface area (Å²) in [5.41, 5.74) is 3.90. The number of hydrogen-bond acceptors (Lipinski definition) is 4. The summed E-state index contributed by atoms with van der Waals surface area (Å²) in [6, 6.07) is 24.2. The highest BCUT2D eigenvalue weighted by atomic mass is 32.2. The van der Waals surface area contributed by atoms with Crippen molar-refractivity contribution in [1.29, 1.82) is 0 Å². The average Bonchev–Trinajstić information content (AvgIpc) is 2.87. The second-order valence-electron chi connectivity index (χ2n) is 11.7. The van der Waals surface area contributed by atoms with Crippen molar-refractivity contribution >= 4 is 27.5 Å². The summed E-state index contributed by atoms with van der Waals surface area (Å²) >= 11 is 0. The molecular weight excluding hydrogens is 534 g/mol. The molecule has 0 aliphatic carbocycles.